The summed E-state index contributed by atoms with van der Waals surface area (Å²) in [7, 11) is 3.53. The van der Waals surface area contributed by atoms with E-state index in [0.717, 1.165) is 41.9 Å². The van der Waals surface area contributed by atoms with Crippen LogP contribution in [0.2, 0.25) is 0 Å². The number of nitro benzene ring substituents is 1. The van der Waals surface area contributed by atoms with Crippen LogP contribution in [0, 0.1) is 17.0 Å². The highest BCUT2D eigenvalue weighted by atomic mass is 16.6. The van der Waals surface area contributed by atoms with E-state index in [1.54, 1.807) is 6.07 Å². The number of benzene rings is 2. The predicted molar refractivity (Wildman–Crippen MR) is 113 cm³/mol. The standard InChI is InChI=1S/C22H24N4O4/c1-14-6-4-5-7-15(14)13-30-22-19(26(27)28)10-16(11-20(22)29-3)21-17-12-25(2)9-8-18(17)23-24-21/h4-7,10-11H,8-9,12-13H2,1-3H3,(H,23,24). The molecule has 0 aliphatic carbocycles. The zero-order chi connectivity index (χ0) is 21.3. The SMILES string of the molecule is COc1cc(-c2n[nH]c3c2CN(C)CC3)cc([N+](=O)[O-])c1OCc1ccccc1C. The molecule has 1 N–H and O–H groups in total. The second kappa shape index (κ2) is 8.16. The monoisotopic (exact) mass is 408 g/mol. The number of H-pyrrole nitrogens is 1. The lowest BCUT2D eigenvalue weighted by Gasteiger charge is -2.22. The molecule has 2 heterocycles. The summed E-state index contributed by atoms with van der Waals surface area (Å²) < 4.78 is 11.4. The lowest BCUT2D eigenvalue weighted by atomic mass is 10.0. The number of aromatic nitrogens is 2. The van der Waals surface area contributed by atoms with Gasteiger partial charge in [0.2, 0.25) is 5.75 Å². The van der Waals surface area contributed by atoms with Crippen LogP contribution in [-0.2, 0) is 19.6 Å². The van der Waals surface area contributed by atoms with Gasteiger partial charge in [-0.15, -0.1) is 0 Å². The van der Waals surface area contributed by atoms with Crippen molar-refractivity contribution >= 4 is 5.69 Å². The molecule has 4 rings (SSSR count). The second-order valence-corrected chi connectivity index (χ2v) is 7.52. The molecule has 2 aromatic carbocycles. The highest BCUT2D eigenvalue weighted by Crippen LogP contribution is 2.42. The maximum absolute atomic E-state index is 11.9. The van der Waals surface area contributed by atoms with Crippen molar-refractivity contribution in [3.8, 4) is 22.8 Å². The zero-order valence-electron chi connectivity index (χ0n) is 17.3. The molecule has 0 radical (unpaired) electrons. The van der Waals surface area contributed by atoms with E-state index in [-0.39, 0.29) is 18.0 Å². The quantitative estimate of drug-likeness (QED) is 0.492. The maximum Gasteiger partial charge on any atom is 0.315 e. The molecule has 156 valence electrons. The van der Waals surface area contributed by atoms with Crippen LogP contribution in [0.4, 0.5) is 5.69 Å². The Morgan fingerprint density at radius 3 is 2.83 bits per heavy atom. The summed E-state index contributed by atoms with van der Waals surface area (Å²) in [5.41, 5.74) is 5.36. The molecule has 8 nitrogen and oxygen atoms in total. The van der Waals surface area contributed by atoms with Crippen LogP contribution >= 0.6 is 0 Å². The first-order chi connectivity index (χ1) is 14.5. The highest BCUT2D eigenvalue weighted by Gasteiger charge is 2.27. The summed E-state index contributed by atoms with van der Waals surface area (Å²) in [5, 5.41) is 19.4. The first-order valence-corrected chi connectivity index (χ1v) is 9.76. The summed E-state index contributed by atoms with van der Waals surface area (Å²) in [6.07, 6.45) is 0.871. The molecular weight excluding hydrogens is 384 g/mol. The average Bonchev–Trinajstić information content (AvgIpc) is 3.15. The third-order valence-corrected chi connectivity index (χ3v) is 5.48. The minimum absolute atomic E-state index is 0.121. The Balaban J connectivity index is 1.74. The molecule has 0 fully saturated rings. The van der Waals surface area contributed by atoms with Gasteiger partial charge in [-0.2, -0.15) is 5.10 Å². The number of nitro groups is 1. The molecule has 0 saturated heterocycles. The molecule has 0 bridgehead atoms. The number of hydrogen-bond acceptors (Lipinski definition) is 6. The number of rotatable bonds is 6. The number of methoxy groups -OCH3 is 1. The third-order valence-electron chi connectivity index (χ3n) is 5.48. The van der Waals surface area contributed by atoms with E-state index < -0.39 is 4.92 Å². The highest BCUT2D eigenvalue weighted by molar-refractivity contribution is 5.73. The molecule has 8 heteroatoms. The molecule has 1 aromatic heterocycles. The van der Waals surface area contributed by atoms with Crippen molar-refractivity contribution in [2.45, 2.75) is 26.5 Å². The van der Waals surface area contributed by atoms with E-state index in [1.165, 1.54) is 13.2 Å². The number of nitrogens with one attached hydrogen (secondary N) is 1. The van der Waals surface area contributed by atoms with E-state index in [2.05, 4.69) is 15.1 Å². The molecule has 0 atom stereocenters. The average molecular weight is 408 g/mol. The van der Waals surface area contributed by atoms with Gasteiger partial charge in [-0.3, -0.25) is 15.2 Å². The summed E-state index contributed by atoms with van der Waals surface area (Å²) in [6, 6.07) is 11.0. The van der Waals surface area contributed by atoms with Crippen LogP contribution in [0.3, 0.4) is 0 Å². The molecule has 0 spiro atoms. The largest absolute Gasteiger partial charge is 0.493 e. The van der Waals surface area contributed by atoms with Crippen molar-refractivity contribution in [2.75, 3.05) is 20.7 Å². The lowest BCUT2D eigenvalue weighted by Crippen LogP contribution is -2.26. The number of nitrogens with zero attached hydrogens (tertiary/aromatic N) is 3. The lowest BCUT2D eigenvalue weighted by molar-refractivity contribution is -0.386. The van der Waals surface area contributed by atoms with Gasteiger partial charge in [0.25, 0.3) is 0 Å². The summed E-state index contributed by atoms with van der Waals surface area (Å²) in [5.74, 6) is 0.435. The van der Waals surface area contributed by atoms with Gasteiger partial charge < -0.3 is 14.4 Å². The molecule has 1 aliphatic rings. The fraction of sp³-hybridized carbons (Fsp3) is 0.318. The van der Waals surface area contributed by atoms with Gasteiger partial charge in [-0.25, -0.2) is 0 Å². The number of hydrogen-bond donors (Lipinski definition) is 1. The van der Waals surface area contributed by atoms with E-state index in [1.807, 2.05) is 38.2 Å². The van der Waals surface area contributed by atoms with Gasteiger partial charge in [-0.1, -0.05) is 24.3 Å². The second-order valence-electron chi connectivity index (χ2n) is 7.52. The van der Waals surface area contributed by atoms with E-state index in [0.29, 0.717) is 17.0 Å². The minimum atomic E-state index is -0.440. The Morgan fingerprint density at radius 2 is 2.10 bits per heavy atom. The van der Waals surface area contributed by atoms with Crippen molar-refractivity contribution < 1.29 is 14.4 Å². The zero-order valence-corrected chi connectivity index (χ0v) is 17.3. The van der Waals surface area contributed by atoms with Gasteiger partial charge in [0.1, 0.15) is 6.61 Å². The molecule has 1 aliphatic heterocycles. The van der Waals surface area contributed by atoms with Crippen molar-refractivity contribution in [2.24, 2.45) is 0 Å². The van der Waals surface area contributed by atoms with E-state index in [9.17, 15) is 10.1 Å². The van der Waals surface area contributed by atoms with Gasteiger partial charge in [-0.05, 0) is 31.2 Å². The van der Waals surface area contributed by atoms with Gasteiger partial charge in [0.15, 0.2) is 5.75 Å². The Bertz CT molecular complexity index is 1090. The van der Waals surface area contributed by atoms with Crippen LogP contribution in [-0.4, -0.2) is 40.7 Å². The van der Waals surface area contributed by atoms with E-state index in [4.69, 9.17) is 9.47 Å². The van der Waals surface area contributed by atoms with Crippen molar-refractivity contribution in [3.63, 3.8) is 0 Å². The number of fused-ring (bicyclic) bond motifs is 1. The van der Waals surface area contributed by atoms with Crippen molar-refractivity contribution in [1.82, 2.24) is 15.1 Å². The Labute approximate surface area is 174 Å². The molecule has 0 amide bonds. The molecule has 0 saturated carbocycles. The number of ether oxygens (including phenoxy) is 2. The molecule has 30 heavy (non-hydrogen) atoms. The summed E-state index contributed by atoms with van der Waals surface area (Å²) in [4.78, 5) is 13.6. The molecule has 3 aromatic rings. The van der Waals surface area contributed by atoms with Gasteiger partial charge >= 0.3 is 5.69 Å². The summed E-state index contributed by atoms with van der Waals surface area (Å²) in [6.45, 7) is 3.88. The summed E-state index contributed by atoms with van der Waals surface area (Å²) >= 11 is 0. The normalized spacial score (nSPS) is 13.7. The fourth-order valence-electron chi connectivity index (χ4n) is 3.75. The molecular formula is C22H24N4O4. The molecule has 0 unspecified atom stereocenters. The third kappa shape index (κ3) is 3.73. The number of aryl methyl sites for hydroxylation is 1. The maximum atomic E-state index is 11.9. The minimum Gasteiger partial charge on any atom is -0.493 e. The Hall–Kier alpha value is -3.39. The smallest absolute Gasteiger partial charge is 0.315 e. The van der Waals surface area contributed by atoms with Gasteiger partial charge in [0, 0.05) is 42.4 Å². The Morgan fingerprint density at radius 1 is 1.30 bits per heavy atom. The first-order valence-electron chi connectivity index (χ1n) is 9.76. The Kier molecular flexibility index (Phi) is 5.41. The van der Waals surface area contributed by atoms with Crippen LogP contribution in [0.25, 0.3) is 11.3 Å². The van der Waals surface area contributed by atoms with Crippen LogP contribution in [0.15, 0.2) is 36.4 Å². The fourth-order valence-corrected chi connectivity index (χ4v) is 3.75. The predicted octanol–water partition coefficient (Wildman–Crippen LogP) is 3.87. The van der Waals surface area contributed by atoms with Crippen LogP contribution < -0.4 is 9.47 Å². The van der Waals surface area contributed by atoms with Gasteiger partial charge in [0.05, 0.1) is 17.7 Å². The number of likely N-dealkylation sites (N-methyl/N-ethyl adjacent to an activating group) is 1. The van der Waals surface area contributed by atoms with Crippen molar-refractivity contribution in [1.29, 1.82) is 0 Å². The van der Waals surface area contributed by atoms with Crippen LogP contribution in [0.1, 0.15) is 22.4 Å². The van der Waals surface area contributed by atoms with Crippen molar-refractivity contribution in [3.05, 3.63) is 68.9 Å². The number of aromatic amines is 1. The van der Waals surface area contributed by atoms with Crippen LogP contribution in [0.5, 0.6) is 11.5 Å². The first kappa shape index (κ1) is 19.9. The topological polar surface area (TPSA) is 93.5 Å². The van der Waals surface area contributed by atoms with E-state index >= 15 is 0 Å².